The van der Waals surface area contributed by atoms with Crippen molar-refractivity contribution in [3.05, 3.63) is 33.9 Å². The third kappa shape index (κ3) is 3.43. The maximum atomic E-state index is 11.9. The van der Waals surface area contributed by atoms with Gasteiger partial charge in [0.2, 0.25) is 11.8 Å². The van der Waals surface area contributed by atoms with Gasteiger partial charge in [-0.25, -0.2) is 9.56 Å². The number of aryl methyl sites for hydroxylation is 1. The minimum Gasteiger partial charge on any atom is -0.508 e. The molecule has 116 valence electrons. The topological polar surface area (TPSA) is 80.9 Å². The van der Waals surface area contributed by atoms with Gasteiger partial charge in [0, 0.05) is 19.9 Å². The Morgan fingerprint density at radius 1 is 1.36 bits per heavy atom. The smallest absolute Gasteiger partial charge is 0.309 e. The van der Waals surface area contributed by atoms with E-state index in [9.17, 15) is 14.7 Å². The van der Waals surface area contributed by atoms with Crippen LogP contribution < -0.4 is 9.54 Å². The van der Waals surface area contributed by atoms with Gasteiger partial charge in [-0.3, -0.25) is 9.59 Å². The van der Waals surface area contributed by atoms with Gasteiger partial charge in [0.05, 0.1) is 10.6 Å². The molecule has 0 aliphatic heterocycles. The quantitative estimate of drug-likeness (QED) is 0.882. The van der Waals surface area contributed by atoms with E-state index in [-0.39, 0.29) is 17.5 Å². The Balaban J connectivity index is 2.67. The van der Waals surface area contributed by atoms with Crippen LogP contribution in [-0.4, -0.2) is 21.6 Å². The first-order valence-electron chi connectivity index (χ1n) is 6.70. The first kappa shape index (κ1) is 16.0. The molecule has 0 radical (unpaired) electrons. The fourth-order valence-corrected chi connectivity index (χ4v) is 2.94. The fourth-order valence-electron chi connectivity index (χ4n) is 1.90. The second-order valence-electron chi connectivity index (χ2n) is 4.55. The molecule has 1 heterocycles. The van der Waals surface area contributed by atoms with Crippen LogP contribution in [0.25, 0.3) is 0 Å². The molecule has 0 bridgehead atoms. The highest BCUT2D eigenvalue weighted by molar-refractivity contribution is 7.09. The standard InChI is InChI=1S/C15H16N2O4S/c1-4-13-14(21-10(3)19)17(9(2)18)15(22-13)16-11-6-5-7-12(20)8-11/h5-8,20H,4H2,1-3H3. The van der Waals surface area contributed by atoms with Crippen molar-refractivity contribution < 1.29 is 19.4 Å². The van der Waals surface area contributed by atoms with E-state index in [0.717, 1.165) is 4.88 Å². The number of hydrogen-bond acceptors (Lipinski definition) is 6. The zero-order chi connectivity index (χ0) is 16.3. The number of phenols is 1. The number of rotatable bonds is 3. The lowest BCUT2D eigenvalue weighted by Crippen LogP contribution is -2.22. The van der Waals surface area contributed by atoms with Crippen LogP contribution in [0.3, 0.4) is 0 Å². The highest BCUT2D eigenvalue weighted by Crippen LogP contribution is 2.24. The Morgan fingerprint density at radius 2 is 2.09 bits per heavy atom. The summed E-state index contributed by atoms with van der Waals surface area (Å²) in [5, 5.41) is 9.49. The van der Waals surface area contributed by atoms with Crippen LogP contribution in [0.15, 0.2) is 29.3 Å². The maximum Gasteiger partial charge on any atom is 0.309 e. The summed E-state index contributed by atoms with van der Waals surface area (Å²) in [7, 11) is 0. The van der Waals surface area contributed by atoms with E-state index in [1.165, 1.54) is 41.9 Å². The average Bonchev–Trinajstić information content (AvgIpc) is 2.75. The van der Waals surface area contributed by atoms with E-state index in [1.54, 1.807) is 12.1 Å². The van der Waals surface area contributed by atoms with Gasteiger partial charge in [-0.05, 0) is 18.6 Å². The number of aromatic hydroxyl groups is 1. The normalized spacial score (nSPS) is 11.5. The monoisotopic (exact) mass is 320 g/mol. The van der Waals surface area contributed by atoms with E-state index in [1.807, 2.05) is 6.92 Å². The molecule has 7 heteroatoms. The molecule has 0 saturated heterocycles. The molecular weight excluding hydrogens is 304 g/mol. The SMILES string of the molecule is CCc1sc(=Nc2cccc(O)c2)n(C(C)=O)c1OC(C)=O. The highest BCUT2D eigenvalue weighted by atomic mass is 32.1. The number of carbonyl (C=O) groups is 2. The van der Waals surface area contributed by atoms with Crippen LogP contribution in [0.4, 0.5) is 5.69 Å². The lowest BCUT2D eigenvalue weighted by molar-refractivity contribution is -0.132. The van der Waals surface area contributed by atoms with Gasteiger partial charge < -0.3 is 9.84 Å². The summed E-state index contributed by atoms with van der Waals surface area (Å²) in [4.78, 5) is 28.7. The van der Waals surface area contributed by atoms with E-state index < -0.39 is 5.97 Å². The summed E-state index contributed by atoms with van der Waals surface area (Å²) in [6.45, 7) is 4.57. The number of esters is 1. The molecular formula is C15H16N2O4S. The Hall–Kier alpha value is -2.41. The summed E-state index contributed by atoms with van der Waals surface area (Å²) in [5.74, 6) is -0.494. The minimum absolute atomic E-state index is 0.0862. The minimum atomic E-state index is -0.494. The Morgan fingerprint density at radius 3 is 2.64 bits per heavy atom. The predicted molar refractivity (Wildman–Crippen MR) is 82.6 cm³/mol. The molecule has 0 amide bonds. The van der Waals surface area contributed by atoms with E-state index in [2.05, 4.69) is 4.99 Å². The van der Waals surface area contributed by atoms with Gasteiger partial charge in [0.25, 0.3) is 0 Å². The van der Waals surface area contributed by atoms with Gasteiger partial charge in [-0.15, -0.1) is 0 Å². The molecule has 22 heavy (non-hydrogen) atoms. The first-order valence-corrected chi connectivity index (χ1v) is 7.51. The number of carbonyl (C=O) groups excluding carboxylic acids is 2. The summed E-state index contributed by atoms with van der Waals surface area (Å²) in [6.07, 6.45) is 0.607. The van der Waals surface area contributed by atoms with Crippen LogP contribution in [0.1, 0.15) is 30.4 Å². The van der Waals surface area contributed by atoms with Crippen molar-refractivity contribution in [1.82, 2.24) is 4.57 Å². The van der Waals surface area contributed by atoms with Crippen molar-refractivity contribution in [1.29, 1.82) is 0 Å². The highest BCUT2D eigenvalue weighted by Gasteiger charge is 2.18. The lowest BCUT2D eigenvalue weighted by atomic mass is 10.3. The second kappa shape index (κ2) is 6.57. The molecule has 0 unspecified atom stereocenters. The molecule has 0 atom stereocenters. The Labute approximate surface area is 131 Å². The number of phenolic OH excluding ortho intramolecular Hbond substituents is 1. The number of ether oxygens (including phenoxy) is 1. The molecule has 0 saturated carbocycles. The number of benzene rings is 1. The molecule has 1 aromatic heterocycles. The molecule has 6 nitrogen and oxygen atoms in total. The van der Waals surface area contributed by atoms with Crippen molar-refractivity contribution in [3.8, 4) is 11.6 Å². The van der Waals surface area contributed by atoms with Crippen molar-refractivity contribution in [2.75, 3.05) is 0 Å². The molecule has 0 aliphatic carbocycles. The zero-order valence-electron chi connectivity index (χ0n) is 12.5. The van der Waals surface area contributed by atoms with Crippen molar-refractivity contribution in [2.45, 2.75) is 27.2 Å². The number of aromatic nitrogens is 1. The summed E-state index contributed by atoms with van der Waals surface area (Å²) >= 11 is 1.27. The van der Waals surface area contributed by atoms with Gasteiger partial charge in [0.15, 0.2) is 4.80 Å². The van der Waals surface area contributed by atoms with Crippen LogP contribution in [0.2, 0.25) is 0 Å². The molecule has 0 aliphatic rings. The van der Waals surface area contributed by atoms with E-state index in [4.69, 9.17) is 4.74 Å². The largest absolute Gasteiger partial charge is 0.508 e. The zero-order valence-corrected chi connectivity index (χ0v) is 13.3. The number of nitrogens with zero attached hydrogens (tertiary/aromatic N) is 2. The third-order valence-electron chi connectivity index (χ3n) is 2.78. The lowest BCUT2D eigenvalue weighted by Gasteiger charge is -2.05. The average molecular weight is 320 g/mol. The maximum absolute atomic E-state index is 11.9. The van der Waals surface area contributed by atoms with Crippen LogP contribution in [-0.2, 0) is 11.2 Å². The van der Waals surface area contributed by atoms with Crippen molar-refractivity contribution in [3.63, 3.8) is 0 Å². The van der Waals surface area contributed by atoms with E-state index in [0.29, 0.717) is 16.9 Å². The molecule has 1 N–H and O–H groups in total. The van der Waals surface area contributed by atoms with Crippen molar-refractivity contribution >= 4 is 28.9 Å². The van der Waals surface area contributed by atoms with Gasteiger partial charge in [-0.2, -0.15) is 0 Å². The predicted octanol–water partition coefficient (Wildman–Crippen LogP) is 2.64. The first-order chi connectivity index (χ1) is 10.4. The molecule has 1 aromatic carbocycles. The number of thiazole rings is 1. The molecule has 0 spiro atoms. The van der Waals surface area contributed by atoms with Crippen LogP contribution in [0, 0.1) is 0 Å². The third-order valence-corrected chi connectivity index (χ3v) is 3.94. The van der Waals surface area contributed by atoms with Crippen LogP contribution in [0.5, 0.6) is 11.6 Å². The molecule has 2 rings (SSSR count). The number of hydrogen-bond donors (Lipinski definition) is 1. The summed E-state index contributed by atoms with van der Waals surface area (Å²) in [5.41, 5.74) is 0.508. The summed E-state index contributed by atoms with van der Waals surface area (Å²) < 4.78 is 6.45. The van der Waals surface area contributed by atoms with Crippen LogP contribution >= 0.6 is 11.3 Å². The van der Waals surface area contributed by atoms with E-state index >= 15 is 0 Å². The Bertz CT molecular complexity index is 789. The second-order valence-corrected chi connectivity index (χ2v) is 5.61. The summed E-state index contributed by atoms with van der Waals surface area (Å²) in [6, 6.07) is 6.39. The molecule has 0 fully saturated rings. The fraction of sp³-hybridized carbons (Fsp3) is 0.267. The van der Waals surface area contributed by atoms with Gasteiger partial charge in [0.1, 0.15) is 5.75 Å². The van der Waals surface area contributed by atoms with Gasteiger partial charge >= 0.3 is 5.97 Å². The van der Waals surface area contributed by atoms with Crippen molar-refractivity contribution in [2.24, 2.45) is 4.99 Å². The van der Waals surface area contributed by atoms with Gasteiger partial charge in [-0.1, -0.05) is 24.3 Å². The Kier molecular flexibility index (Phi) is 4.77. The molecule has 2 aromatic rings.